The summed E-state index contributed by atoms with van der Waals surface area (Å²) in [5.74, 6) is -5.53. The van der Waals surface area contributed by atoms with Crippen molar-refractivity contribution in [3.05, 3.63) is 51.5 Å². The molecule has 0 aliphatic heterocycles. The van der Waals surface area contributed by atoms with Crippen molar-refractivity contribution in [2.45, 2.75) is 13.0 Å². The molecule has 0 radical (unpaired) electrons. The number of benzene rings is 1. The van der Waals surface area contributed by atoms with E-state index in [0.29, 0.717) is 6.07 Å². The molecule has 1 amide bonds. The SMILES string of the molecule is CC(NC(=O)c1ccc(F)c(F)c1F)c1n[nH]c(=O)[nH]1. The first-order chi connectivity index (χ1) is 9.40. The van der Waals surface area contributed by atoms with Crippen LogP contribution in [-0.2, 0) is 0 Å². The predicted octanol–water partition coefficient (Wildman–Crippen LogP) is 1.01. The van der Waals surface area contributed by atoms with Crippen molar-refractivity contribution in [1.29, 1.82) is 0 Å². The number of aromatic amines is 2. The summed E-state index contributed by atoms with van der Waals surface area (Å²) >= 11 is 0. The molecule has 0 aliphatic rings. The van der Waals surface area contributed by atoms with E-state index in [4.69, 9.17) is 0 Å². The zero-order valence-electron chi connectivity index (χ0n) is 10.1. The van der Waals surface area contributed by atoms with Gasteiger partial charge in [0.2, 0.25) is 0 Å². The maximum atomic E-state index is 13.4. The molecule has 1 aromatic carbocycles. The van der Waals surface area contributed by atoms with Crippen molar-refractivity contribution >= 4 is 5.91 Å². The Morgan fingerprint density at radius 1 is 1.30 bits per heavy atom. The largest absolute Gasteiger partial charge is 0.342 e. The topological polar surface area (TPSA) is 90.6 Å². The van der Waals surface area contributed by atoms with Crippen LogP contribution in [0, 0.1) is 17.5 Å². The van der Waals surface area contributed by atoms with E-state index < -0.39 is 40.7 Å². The third-order valence-corrected chi connectivity index (χ3v) is 2.56. The highest BCUT2D eigenvalue weighted by Crippen LogP contribution is 2.16. The fourth-order valence-electron chi connectivity index (χ4n) is 1.53. The molecular formula is C11H9F3N4O2. The van der Waals surface area contributed by atoms with Gasteiger partial charge in [-0.05, 0) is 19.1 Å². The van der Waals surface area contributed by atoms with Gasteiger partial charge in [0.25, 0.3) is 5.91 Å². The maximum Gasteiger partial charge on any atom is 0.340 e. The molecule has 1 unspecified atom stereocenters. The molecule has 0 fully saturated rings. The second-order valence-electron chi connectivity index (χ2n) is 3.98. The van der Waals surface area contributed by atoms with E-state index in [1.807, 2.05) is 0 Å². The Hall–Kier alpha value is -2.58. The zero-order valence-corrected chi connectivity index (χ0v) is 10.1. The lowest BCUT2D eigenvalue weighted by Crippen LogP contribution is -2.28. The maximum absolute atomic E-state index is 13.4. The lowest BCUT2D eigenvalue weighted by atomic mass is 10.1. The Labute approximate surface area is 110 Å². The Bertz CT molecular complexity index is 710. The van der Waals surface area contributed by atoms with Gasteiger partial charge in [0.05, 0.1) is 11.6 Å². The average molecular weight is 286 g/mol. The van der Waals surface area contributed by atoms with Crippen molar-refractivity contribution in [3.63, 3.8) is 0 Å². The van der Waals surface area contributed by atoms with E-state index in [1.54, 1.807) is 0 Å². The van der Waals surface area contributed by atoms with E-state index in [1.165, 1.54) is 6.92 Å². The van der Waals surface area contributed by atoms with Gasteiger partial charge in [-0.25, -0.2) is 23.1 Å². The number of carbonyl (C=O) groups excluding carboxylic acids is 1. The monoisotopic (exact) mass is 286 g/mol. The quantitative estimate of drug-likeness (QED) is 0.735. The first-order valence-corrected chi connectivity index (χ1v) is 5.49. The van der Waals surface area contributed by atoms with Crippen molar-refractivity contribution in [1.82, 2.24) is 20.5 Å². The number of carbonyl (C=O) groups is 1. The van der Waals surface area contributed by atoms with Gasteiger partial charge in [0.1, 0.15) is 0 Å². The minimum atomic E-state index is -1.72. The fourth-order valence-corrected chi connectivity index (χ4v) is 1.53. The number of nitrogens with zero attached hydrogens (tertiary/aromatic N) is 1. The zero-order chi connectivity index (χ0) is 14.9. The molecule has 106 valence electrons. The van der Waals surface area contributed by atoms with Gasteiger partial charge < -0.3 is 5.32 Å². The van der Waals surface area contributed by atoms with Gasteiger partial charge in [0, 0.05) is 0 Å². The second kappa shape index (κ2) is 5.19. The van der Waals surface area contributed by atoms with Crippen LogP contribution < -0.4 is 11.0 Å². The van der Waals surface area contributed by atoms with Crippen molar-refractivity contribution in [3.8, 4) is 0 Å². The van der Waals surface area contributed by atoms with Crippen molar-refractivity contribution in [2.24, 2.45) is 0 Å². The second-order valence-corrected chi connectivity index (χ2v) is 3.98. The third kappa shape index (κ3) is 2.56. The van der Waals surface area contributed by atoms with Gasteiger partial charge in [0.15, 0.2) is 23.3 Å². The molecule has 0 spiro atoms. The summed E-state index contributed by atoms with van der Waals surface area (Å²) in [5, 5.41) is 7.97. The van der Waals surface area contributed by atoms with Crippen molar-refractivity contribution < 1.29 is 18.0 Å². The number of hydrogen-bond donors (Lipinski definition) is 3. The first kappa shape index (κ1) is 13.8. The highest BCUT2D eigenvalue weighted by Gasteiger charge is 2.21. The van der Waals surface area contributed by atoms with Crippen LogP contribution in [0.5, 0.6) is 0 Å². The first-order valence-electron chi connectivity index (χ1n) is 5.49. The fraction of sp³-hybridized carbons (Fsp3) is 0.182. The average Bonchev–Trinajstić information content (AvgIpc) is 2.82. The Morgan fingerprint density at radius 3 is 2.60 bits per heavy atom. The van der Waals surface area contributed by atoms with Gasteiger partial charge in [-0.1, -0.05) is 0 Å². The summed E-state index contributed by atoms with van der Waals surface area (Å²) < 4.78 is 39.2. The number of rotatable bonds is 3. The van der Waals surface area contributed by atoms with E-state index in [2.05, 4.69) is 20.5 Å². The molecule has 2 aromatic rings. The molecular weight excluding hydrogens is 277 g/mol. The highest BCUT2D eigenvalue weighted by atomic mass is 19.2. The van der Waals surface area contributed by atoms with Crippen LogP contribution in [0.2, 0.25) is 0 Å². The standard InChI is InChI=1S/C11H9F3N4O2/c1-4(9-16-11(20)18-17-9)15-10(19)5-2-3-6(12)8(14)7(5)13/h2-4H,1H3,(H,15,19)(H2,16,17,18,20). The van der Waals surface area contributed by atoms with E-state index >= 15 is 0 Å². The molecule has 6 nitrogen and oxygen atoms in total. The number of hydrogen-bond acceptors (Lipinski definition) is 3. The summed E-state index contributed by atoms with van der Waals surface area (Å²) in [4.78, 5) is 24.9. The lowest BCUT2D eigenvalue weighted by Gasteiger charge is -2.11. The Kier molecular flexibility index (Phi) is 3.59. The summed E-state index contributed by atoms with van der Waals surface area (Å²) in [7, 11) is 0. The summed E-state index contributed by atoms with van der Waals surface area (Å²) in [6.45, 7) is 1.47. The Balaban J connectivity index is 2.20. The van der Waals surface area contributed by atoms with Crippen LogP contribution >= 0.6 is 0 Å². The molecule has 0 saturated heterocycles. The molecule has 0 saturated carbocycles. The number of amides is 1. The van der Waals surface area contributed by atoms with Gasteiger partial charge in [-0.3, -0.25) is 9.78 Å². The van der Waals surface area contributed by atoms with Crippen LogP contribution in [0.1, 0.15) is 29.1 Å². The minimum Gasteiger partial charge on any atom is -0.342 e. The highest BCUT2D eigenvalue weighted by molar-refractivity contribution is 5.94. The van der Waals surface area contributed by atoms with Gasteiger partial charge >= 0.3 is 5.69 Å². The Morgan fingerprint density at radius 2 is 2.00 bits per heavy atom. The molecule has 2 rings (SSSR count). The molecule has 20 heavy (non-hydrogen) atoms. The molecule has 0 aliphatic carbocycles. The molecule has 9 heteroatoms. The van der Waals surface area contributed by atoms with Crippen LogP contribution in [0.4, 0.5) is 13.2 Å². The number of halogens is 3. The summed E-state index contributed by atoms with van der Waals surface area (Å²) in [6, 6.07) is 0.714. The van der Waals surface area contributed by atoms with Crippen molar-refractivity contribution in [2.75, 3.05) is 0 Å². The van der Waals surface area contributed by atoms with Crippen LogP contribution in [0.25, 0.3) is 0 Å². The van der Waals surface area contributed by atoms with Crippen LogP contribution in [0.15, 0.2) is 16.9 Å². The number of nitrogens with one attached hydrogen (secondary N) is 3. The predicted molar refractivity (Wildman–Crippen MR) is 61.4 cm³/mol. The van der Waals surface area contributed by atoms with Gasteiger partial charge in [-0.2, -0.15) is 5.10 Å². The van der Waals surface area contributed by atoms with E-state index in [9.17, 15) is 22.8 Å². The van der Waals surface area contributed by atoms with Gasteiger partial charge in [-0.15, -0.1) is 0 Å². The third-order valence-electron chi connectivity index (χ3n) is 2.56. The summed E-state index contributed by atoms with van der Waals surface area (Å²) in [5.41, 5.74) is -1.21. The smallest absolute Gasteiger partial charge is 0.340 e. The molecule has 1 atom stereocenters. The lowest BCUT2D eigenvalue weighted by molar-refractivity contribution is 0.0933. The van der Waals surface area contributed by atoms with E-state index in [-0.39, 0.29) is 5.82 Å². The molecule has 1 heterocycles. The summed E-state index contributed by atoms with van der Waals surface area (Å²) in [6.07, 6.45) is 0. The minimum absolute atomic E-state index is 0.117. The normalized spacial score (nSPS) is 12.2. The van der Waals surface area contributed by atoms with Crippen LogP contribution in [-0.4, -0.2) is 21.1 Å². The number of H-pyrrole nitrogens is 2. The molecule has 3 N–H and O–H groups in total. The molecule has 1 aromatic heterocycles. The number of aromatic nitrogens is 3. The van der Waals surface area contributed by atoms with E-state index in [0.717, 1.165) is 6.07 Å². The molecule has 0 bridgehead atoms. The van der Waals surface area contributed by atoms with Crippen LogP contribution in [0.3, 0.4) is 0 Å².